The number of carbonyl (C=O) groups is 1. The minimum Gasteiger partial charge on any atom is -0.431 e. The highest BCUT2D eigenvalue weighted by Crippen LogP contribution is 2.51. The van der Waals surface area contributed by atoms with Crippen LogP contribution in [0.2, 0.25) is 5.02 Å². The number of hydrogen-bond acceptors (Lipinski definition) is 4. The van der Waals surface area contributed by atoms with Gasteiger partial charge < -0.3 is 9.64 Å². The molecule has 0 aliphatic heterocycles. The number of aromatic nitrogens is 2. The molecular weight excluding hydrogens is 407 g/mol. The van der Waals surface area contributed by atoms with E-state index in [1.807, 2.05) is 19.0 Å². The highest BCUT2D eigenvalue weighted by atomic mass is 35.5. The number of hydrogen-bond donors (Lipinski definition) is 0. The number of rotatable bonds is 5. The van der Waals surface area contributed by atoms with Crippen LogP contribution in [0.25, 0.3) is 5.52 Å². The Bertz CT molecular complexity index is 1100. The van der Waals surface area contributed by atoms with Crippen molar-refractivity contribution >= 4 is 23.4 Å². The molecule has 2 unspecified atom stereocenters. The van der Waals surface area contributed by atoms with E-state index in [0.717, 1.165) is 17.3 Å². The van der Waals surface area contributed by atoms with Crippen LogP contribution in [0, 0.1) is 5.82 Å². The second kappa shape index (κ2) is 7.35. The van der Waals surface area contributed by atoms with Gasteiger partial charge in [0.25, 0.3) is 0 Å². The van der Waals surface area contributed by atoms with E-state index in [1.54, 1.807) is 22.8 Å². The van der Waals surface area contributed by atoms with E-state index in [9.17, 15) is 18.0 Å². The molecule has 0 bridgehead atoms. The lowest BCUT2D eigenvalue weighted by molar-refractivity contribution is -0.0530. The Morgan fingerprint density at radius 1 is 1.31 bits per heavy atom. The average Bonchev–Trinajstić information content (AvgIpc) is 3.20. The molecule has 1 aromatic carbocycles. The number of fused-ring (bicyclic) bond motifs is 3. The Hall–Kier alpha value is -2.58. The van der Waals surface area contributed by atoms with Gasteiger partial charge in [-0.15, -0.1) is 0 Å². The van der Waals surface area contributed by atoms with Crippen LogP contribution >= 0.6 is 11.6 Å². The van der Waals surface area contributed by atoms with Gasteiger partial charge in [0.1, 0.15) is 6.29 Å². The molecular formula is C20H17ClF3N3O2. The Morgan fingerprint density at radius 2 is 2.07 bits per heavy atom. The van der Waals surface area contributed by atoms with E-state index in [-0.39, 0.29) is 17.2 Å². The van der Waals surface area contributed by atoms with Crippen LogP contribution in [0.4, 0.5) is 13.2 Å². The maximum absolute atomic E-state index is 14.5. The van der Waals surface area contributed by atoms with Gasteiger partial charge in [0.15, 0.2) is 11.6 Å². The Morgan fingerprint density at radius 3 is 2.72 bits per heavy atom. The molecule has 2 aromatic heterocycles. The SMILES string of the molecule is CN(C)C1CC(c2c(C=O)ccc(F)c2OC(F)F)c2c1nn1ccc(Cl)cc21. The quantitative estimate of drug-likeness (QED) is 0.559. The number of halogens is 4. The largest absolute Gasteiger partial charge is 0.431 e. The van der Waals surface area contributed by atoms with Crippen molar-refractivity contribution < 1.29 is 22.7 Å². The lowest BCUT2D eigenvalue weighted by Gasteiger charge is -2.22. The van der Waals surface area contributed by atoms with Crippen molar-refractivity contribution in [3.8, 4) is 5.75 Å². The van der Waals surface area contributed by atoms with E-state index >= 15 is 0 Å². The molecule has 152 valence electrons. The van der Waals surface area contributed by atoms with Gasteiger partial charge in [-0.2, -0.15) is 13.9 Å². The molecule has 1 aliphatic rings. The van der Waals surface area contributed by atoms with Gasteiger partial charge in [0.05, 0.1) is 17.3 Å². The van der Waals surface area contributed by atoms with Crippen molar-refractivity contribution in [3.63, 3.8) is 0 Å². The third kappa shape index (κ3) is 3.26. The van der Waals surface area contributed by atoms with Crippen LogP contribution in [0.1, 0.15) is 45.6 Å². The number of ether oxygens (including phenoxy) is 1. The summed E-state index contributed by atoms with van der Waals surface area (Å²) in [5, 5.41) is 5.10. The molecule has 0 amide bonds. The molecule has 0 saturated carbocycles. The third-order valence-corrected chi connectivity index (χ3v) is 5.51. The van der Waals surface area contributed by atoms with Crippen LogP contribution in [0.15, 0.2) is 30.5 Å². The van der Waals surface area contributed by atoms with E-state index in [4.69, 9.17) is 11.6 Å². The van der Waals surface area contributed by atoms with Crippen molar-refractivity contribution in [1.29, 1.82) is 0 Å². The second-order valence-electron chi connectivity index (χ2n) is 7.12. The zero-order valence-corrected chi connectivity index (χ0v) is 16.3. The summed E-state index contributed by atoms with van der Waals surface area (Å²) in [5.41, 5.74) is 2.32. The second-order valence-corrected chi connectivity index (χ2v) is 7.55. The minimum absolute atomic E-state index is 0.0961. The molecule has 3 aromatic rings. The lowest BCUT2D eigenvalue weighted by atomic mass is 9.88. The van der Waals surface area contributed by atoms with Gasteiger partial charge in [-0.3, -0.25) is 4.79 Å². The number of pyridine rings is 1. The summed E-state index contributed by atoms with van der Waals surface area (Å²) in [6.07, 6.45) is 2.65. The van der Waals surface area contributed by atoms with Crippen LogP contribution in [0.3, 0.4) is 0 Å². The molecule has 0 saturated heterocycles. The maximum Gasteiger partial charge on any atom is 0.387 e. The summed E-state index contributed by atoms with van der Waals surface area (Å²) in [7, 11) is 3.74. The molecule has 29 heavy (non-hydrogen) atoms. The predicted octanol–water partition coefficient (Wildman–Crippen LogP) is 4.68. The standard InChI is InChI=1S/C20H17ClF3N3O2/c1-26(2)15-8-12(17-14-7-11(21)5-6-27(14)25-18(15)17)16-10(9-28)3-4-13(22)19(16)29-20(23)24/h3-7,9,12,15,20H,8H2,1-2H3. The molecule has 0 fully saturated rings. The molecule has 1 aliphatic carbocycles. The average molecular weight is 424 g/mol. The molecule has 2 heterocycles. The predicted molar refractivity (Wildman–Crippen MR) is 102 cm³/mol. The first-order valence-corrected chi connectivity index (χ1v) is 9.26. The highest BCUT2D eigenvalue weighted by Gasteiger charge is 2.40. The van der Waals surface area contributed by atoms with Gasteiger partial charge >= 0.3 is 6.61 Å². The number of alkyl halides is 2. The summed E-state index contributed by atoms with van der Waals surface area (Å²) in [6.45, 7) is -3.23. The first kappa shape index (κ1) is 19.7. The fourth-order valence-electron chi connectivity index (χ4n) is 4.09. The van der Waals surface area contributed by atoms with Crippen molar-refractivity contribution in [3.05, 3.63) is 63.7 Å². The number of carbonyl (C=O) groups excluding carboxylic acids is 1. The summed E-state index contributed by atoms with van der Waals surface area (Å²) in [5.74, 6) is -2.13. The van der Waals surface area contributed by atoms with E-state index in [2.05, 4.69) is 9.84 Å². The summed E-state index contributed by atoms with van der Waals surface area (Å²) in [6, 6.07) is 5.47. The van der Waals surface area contributed by atoms with Crippen molar-refractivity contribution in [2.45, 2.75) is 25.0 Å². The Kier molecular flexibility index (Phi) is 5.00. The van der Waals surface area contributed by atoms with Crippen LogP contribution < -0.4 is 4.74 Å². The molecule has 4 rings (SSSR count). The Labute approximate surface area is 169 Å². The zero-order valence-electron chi connectivity index (χ0n) is 15.6. The monoisotopic (exact) mass is 423 g/mol. The molecule has 0 radical (unpaired) electrons. The van der Waals surface area contributed by atoms with Crippen LogP contribution in [-0.4, -0.2) is 41.5 Å². The van der Waals surface area contributed by atoms with Gasteiger partial charge in [-0.25, -0.2) is 8.91 Å². The van der Waals surface area contributed by atoms with Gasteiger partial charge in [0, 0.05) is 33.8 Å². The van der Waals surface area contributed by atoms with Gasteiger partial charge in [0.2, 0.25) is 0 Å². The fraction of sp³-hybridized carbons (Fsp3) is 0.300. The van der Waals surface area contributed by atoms with Crippen molar-refractivity contribution in [2.24, 2.45) is 0 Å². The number of aldehydes is 1. The normalized spacial score (nSPS) is 18.6. The van der Waals surface area contributed by atoms with Gasteiger partial charge in [-0.1, -0.05) is 11.6 Å². The molecule has 9 heteroatoms. The summed E-state index contributed by atoms with van der Waals surface area (Å²) >= 11 is 6.16. The van der Waals surface area contributed by atoms with Gasteiger partial charge in [-0.05, 0) is 44.8 Å². The molecule has 0 spiro atoms. The third-order valence-electron chi connectivity index (χ3n) is 5.27. The maximum atomic E-state index is 14.5. The van der Waals surface area contributed by atoms with Crippen LogP contribution in [0.5, 0.6) is 5.75 Å². The van der Waals surface area contributed by atoms with E-state index in [1.165, 1.54) is 6.07 Å². The van der Waals surface area contributed by atoms with E-state index < -0.39 is 24.1 Å². The Balaban J connectivity index is 2.01. The first-order valence-electron chi connectivity index (χ1n) is 8.88. The first-order chi connectivity index (χ1) is 13.8. The minimum atomic E-state index is -3.23. The van der Waals surface area contributed by atoms with Crippen LogP contribution in [-0.2, 0) is 0 Å². The summed E-state index contributed by atoms with van der Waals surface area (Å²) in [4.78, 5) is 13.6. The zero-order chi connectivity index (χ0) is 20.9. The number of nitrogens with zero attached hydrogens (tertiary/aromatic N) is 3. The summed E-state index contributed by atoms with van der Waals surface area (Å²) < 4.78 is 46.7. The molecule has 0 N–H and O–H groups in total. The highest BCUT2D eigenvalue weighted by molar-refractivity contribution is 6.30. The lowest BCUT2D eigenvalue weighted by Crippen LogP contribution is -2.19. The van der Waals surface area contributed by atoms with Crippen molar-refractivity contribution in [1.82, 2.24) is 14.5 Å². The van der Waals surface area contributed by atoms with Crippen molar-refractivity contribution in [2.75, 3.05) is 14.1 Å². The molecule has 5 nitrogen and oxygen atoms in total. The molecule has 2 atom stereocenters. The number of benzene rings is 1. The smallest absolute Gasteiger partial charge is 0.387 e. The van der Waals surface area contributed by atoms with E-state index in [0.29, 0.717) is 23.2 Å². The topological polar surface area (TPSA) is 46.8 Å². The fourth-order valence-corrected chi connectivity index (χ4v) is 4.25.